The maximum Gasteiger partial charge on any atom is 0.339 e. The number of carboxylic acid groups (broad SMARTS) is 1. The summed E-state index contributed by atoms with van der Waals surface area (Å²) in [5.41, 5.74) is 0.756. The zero-order chi connectivity index (χ0) is 13.7. The van der Waals surface area contributed by atoms with Crippen molar-refractivity contribution in [2.75, 3.05) is 31.5 Å². The van der Waals surface area contributed by atoms with Crippen LogP contribution in [-0.2, 0) is 0 Å². The number of likely N-dealkylation sites (tertiary alicyclic amines) is 1. The van der Waals surface area contributed by atoms with Crippen molar-refractivity contribution >= 4 is 23.3 Å². The topological polar surface area (TPSA) is 52.6 Å². The smallest absolute Gasteiger partial charge is 0.339 e. The van der Waals surface area contributed by atoms with Gasteiger partial charge in [0, 0.05) is 6.54 Å². The van der Waals surface area contributed by atoms with Crippen molar-refractivity contribution in [2.45, 2.75) is 19.3 Å². The zero-order valence-corrected chi connectivity index (χ0v) is 11.6. The lowest BCUT2D eigenvalue weighted by Crippen LogP contribution is -2.22. The van der Waals surface area contributed by atoms with Crippen LogP contribution in [0.3, 0.4) is 0 Å². The van der Waals surface area contributed by atoms with E-state index in [9.17, 15) is 4.79 Å². The molecule has 0 aliphatic carbocycles. The van der Waals surface area contributed by atoms with Gasteiger partial charge in [-0.2, -0.15) is 0 Å². The van der Waals surface area contributed by atoms with E-state index in [2.05, 4.69) is 10.2 Å². The van der Waals surface area contributed by atoms with Crippen LogP contribution in [0.25, 0.3) is 0 Å². The van der Waals surface area contributed by atoms with Gasteiger partial charge in [0.1, 0.15) is 5.56 Å². The Balaban J connectivity index is 1.85. The Kier molecular flexibility index (Phi) is 5.05. The molecule has 1 aromatic carbocycles. The van der Waals surface area contributed by atoms with Crippen molar-refractivity contribution in [3.8, 4) is 0 Å². The predicted octanol–water partition coefficient (Wildman–Crippen LogP) is 2.94. The second kappa shape index (κ2) is 6.78. The molecular formula is C14H19ClN2O2. The maximum atomic E-state index is 11.2. The van der Waals surface area contributed by atoms with E-state index >= 15 is 0 Å². The van der Waals surface area contributed by atoms with Gasteiger partial charge < -0.3 is 15.3 Å². The van der Waals surface area contributed by atoms with Gasteiger partial charge in [-0.25, -0.2) is 4.79 Å². The van der Waals surface area contributed by atoms with Gasteiger partial charge in [0.05, 0.1) is 10.7 Å². The number of aromatic carboxylic acids is 1. The number of anilines is 1. The Morgan fingerprint density at radius 1 is 1.37 bits per heavy atom. The summed E-state index contributed by atoms with van der Waals surface area (Å²) in [6, 6.07) is 5.11. The number of nitrogens with one attached hydrogen (secondary N) is 1. The molecule has 19 heavy (non-hydrogen) atoms. The molecule has 0 saturated carbocycles. The number of hydrogen-bond acceptors (Lipinski definition) is 3. The molecule has 0 aromatic heterocycles. The fraction of sp³-hybridized carbons (Fsp3) is 0.500. The minimum absolute atomic E-state index is 0.158. The molecule has 5 heteroatoms. The van der Waals surface area contributed by atoms with E-state index in [1.807, 2.05) is 0 Å². The largest absolute Gasteiger partial charge is 0.478 e. The van der Waals surface area contributed by atoms with Crippen LogP contribution in [0.5, 0.6) is 0 Å². The number of carboxylic acids is 1. The fourth-order valence-corrected chi connectivity index (χ4v) is 2.68. The first-order valence-electron chi connectivity index (χ1n) is 6.66. The first kappa shape index (κ1) is 14.2. The lowest BCUT2D eigenvalue weighted by Gasteiger charge is -2.15. The summed E-state index contributed by atoms with van der Waals surface area (Å²) in [5.74, 6) is -0.993. The van der Waals surface area contributed by atoms with Crippen LogP contribution in [0.4, 0.5) is 5.69 Å². The first-order chi connectivity index (χ1) is 9.18. The third-order valence-corrected chi connectivity index (χ3v) is 3.71. The van der Waals surface area contributed by atoms with Gasteiger partial charge in [0.15, 0.2) is 0 Å². The summed E-state index contributed by atoms with van der Waals surface area (Å²) in [6.07, 6.45) is 3.60. The normalized spacial score (nSPS) is 15.6. The molecule has 1 fully saturated rings. The molecule has 0 unspecified atom stereocenters. The van der Waals surface area contributed by atoms with E-state index in [0.717, 1.165) is 19.5 Å². The van der Waals surface area contributed by atoms with Crippen LogP contribution in [0.15, 0.2) is 18.2 Å². The molecular weight excluding hydrogens is 264 g/mol. The molecule has 0 bridgehead atoms. The highest BCUT2D eigenvalue weighted by Crippen LogP contribution is 2.24. The standard InChI is InChI=1S/C14H19ClN2O2/c15-11-5-3-6-12(13(11)14(18)19)16-7-4-10-17-8-1-2-9-17/h3,5-6,16H,1-2,4,7-10H2,(H,18,19). The lowest BCUT2D eigenvalue weighted by atomic mass is 10.1. The molecule has 1 saturated heterocycles. The number of hydrogen-bond donors (Lipinski definition) is 2. The van der Waals surface area contributed by atoms with E-state index in [1.165, 1.54) is 25.9 Å². The van der Waals surface area contributed by atoms with Gasteiger partial charge in [0.25, 0.3) is 0 Å². The van der Waals surface area contributed by atoms with Gasteiger partial charge in [-0.1, -0.05) is 17.7 Å². The quantitative estimate of drug-likeness (QED) is 0.788. The summed E-state index contributed by atoms with van der Waals surface area (Å²) >= 11 is 5.91. The summed E-state index contributed by atoms with van der Waals surface area (Å²) in [6.45, 7) is 4.21. The summed E-state index contributed by atoms with van der Waals surface area (Å²) in [4.78, 5) is 13.6. The third kappa shape index (κ3) is 3.85. The Labute approximate surface area is 118 Å². The highest BCUT2D eigenvalue weighted by atomic mass is 35.5. The van der Waals surface area contributed by atoms with E-state index in [-0.39, 0.29) is 10.6 Å². The van der Waals surface area contributed by atoms with Crippen LogP contribution < -0.4 is 5.32 Å². The van der Waals surface area contributed by atoms with Crippen LogP contribution in [0.2, 0.25) is 5.02 Å². The Morgan fingerprint density at radius 3 is 2.79 bits per heavy atom. The molecule has 104 valence electrons. The highest BCUT2D eigenvalue weighted by molar-refractivity contribution is 6.34. The zero-order valence-electron chi connectivity index (χ0n) is 10.9. The Morgan fingerprint density at radius 2 is 2.11 bits per heavy atom. The monoisotopic (exact) mass is 282 g/mol. The molecule has 1 heterocycles. The number of halogens is 1. The SMILES string of the molecule is O=C(O)c1c(Cl)cccc1NCCCN1CCCC1. The van der Waals surface area contributed by atoms with Crippen molar-refractivity contribution in [3.05, 3.63) is 28.8 Å². The average Bonchev–Trinajstić information content (AvgIpc) is 2.87. The van der Waals surface area contributed by atoms with Crippen LogP contribution in [0.1, 0.15) is 29.6 Å². The highest BCUT2D eigenvalue weighted by Gasteiger charge is 2.14. The maximum absolute atomic E-state index is 11.2. The van der Waals surface area contributed by atoms with Gasteiger partial charge in [-0.3, -0.25) is 0 Å². The Bertz CT molecular complexity index is 445. The molecule has 2 N–H and O–H groups in total. The fourth-order valence-electron chi connectivity index (χ4n) is 2.42. The molecule has 4 nitrogen and oxygen atoms in total. The average molecular weight is 283 g/mol. The van der Waals surface area contributed by atoms with E-state index in [4.69, 9.17) is 16.7 Å². The molecule has 0 radical (unpaired) electrons. The van der Waals surface area contributed by atoms with Gasteiger partial charge in [-0.15, -0.1) is 0 Å². The van der Waals surface area contributed by atoms with Gasteiger partial charge in [-0.05, 0) is 51.0 Å². The van der Waals surface area contributed by atoms with E-state index < -0.39 is 5.97 Å². The van der Waals surface area contributed by atoms with Crippen molar-refractivity contribution in [3.63, 3.8) is 0 Å². The Hall–Kier alpha value is -1.26. The minimum atomic E-state index is -0.993. The number of rotatable bonds is 6. The first-order valence-corrected chi connectivity index (χ1v) is 7.04. The molecule has 0 amide bonds. The summed E-state index contributed by atoms with van der Waals surface area (Å²) in [5, 5.41) is 12.6. The molecule has 1 aliphatic heterocycles. The lowest BCUT2D eigenvalue weighted by molar-refractivity contribution is 0.0698. The summed E-state index contributed by atoms with van der Waals surface area (Å²) < 4.78 is 0. The van der Waals surface area contributed by atoms with Crippen molar-refractivity contribution in [2.24, 2.45) is 0 Å². The molecule has 0 atom stereocenters. The third-order valence-electron chi connectivity index (χ3n) is 3.39. The van der Waals surface area contributed by atoms with Gasteiger partial charge >= 0.3 is 5.97 Å². The van der Waals surface area contributed by atoms with Crippen molar-refractivity contribution < 1.29 is 9.90 Å². The second-order valence-corrected chi connectivity index (χ2v) is 5.20. The van der Waals surface area contributed by atoms with E-state index in [1.54, 1.807) is 18.2 Å². The molecule has 1 aliphatic rings. The van der Waals surface area contributed by atoms with E-state index in [0.29, 0.717) is 5.69 Å². The predicted molar refractivity (Wildman–Crippen MR) is 77.2 cm³/mol. The number of benzene rings is 1. The molecule has 0 spiro atoms. The van der Waals surface area contributed by atoms with Crippen LogP contribution in [-0.4, -0.2) is 42.2 Å². The number of carbonyl (C=O) groups is 1. The van der Waals surface area contributed by atoms with Crippen LogP contribution in [0, 0.1) is 0 Å². The van der Waals surface area contributed by atoms with Crippen LogP contribution >= 0.6 is 11.6 Å². The van der Waals surface area contributed by atoms with Crippen molar-refractivity contribution in [1.29, 1.82) is 0 Å². The summed E-state index contributed by atoms with van der Waals surface area (Å²) in [7, 11) is 0. The molecule has 2 rings (SSSR count). The number of nitrogens with zero attached hydrogens (tertiary/aromatic N) is 1. The van der Waals surface area contributed by atoms with Crippen molar-refractivity contribution in [1.82, 2.24) is 4.90 Å². The van der Waals surface area contributed by atoms with Gasteiger partial charge in [0.2, 0.25) is 0 Å². The second-order valence-electron chi connectivity index (χ2n) is 4.80. The molecule has 1 aromatic rings. The minimum Gasteiger partial charge on any atom is -0.478 e.